The van der Waals surface area contributed by atoms with E-state index in [9.17, 15) is 4.39 Å². The van der Waals surface area contributed by atoms with E-state index in [1.54, 1.807) is 6.07 Å². The van der Waals surface area contributed by atoms with Crippen molar-refractivity contribution in [2.75, 3.05) is 27.2 Å². The van der Waals surface area contributed by atoms with Gasteiger partial charge in [0, 0.05) is 24.7 Å². The molecule has 2 rings (SSSR count). The zero-order valence-corrected chi connectivity index (χ0v) is 12.9. The maximum atomic E-state index is 13.6. The van der Waals surface area contributed by atoms with E-state index in [1.807, 2.05) is 6.07 Å². The van der Waals surface area contributed by atoms with Crippen LogP contribution in [0.3, 0.4) is 0 Å². The first-order chi connectivity index (χ1) is 9.45. The third-order valence-electron chi connectivity index (χ3n) is 3.70. The van der Waals surface area contributed by atoms with Crippen LogP contribution in [0.1, 0.15) is 24.0 Å². The Balaban J connectivity index is 2.11. The number of rotatable bonds is 5. The van der Waals surface area contributed by atoms with Gasteiger partial charge in [0.1, 0.15) is 10.8 Å². The van der Waals surface area contributed by atoms with Gasteiger partial charge < -0.3 is 10.6 Å². The molecular weight excluding hydrogens is 273 g/mol. The van der Waals surface area contributed by atoms with Gasteiger partial charge in [0.25, 0.3) is 0 Å². The molecule has 1 aromatic rings. The average Bonchev–Trinajstić information content (AvgIpc) is 2.75. The van der Waals surface area contributed by atoms with Crippen molar-refractivity contribution in [2.45, 2.75) is 25.4 Å². The molecule has 1 heterocycles. The molecule has 110 valence electrons. The smallest absolute Gasteiger partial charge is 0.124 e. The highest BCUT2D eigenvalue weighted by Crippen LogP contribution is 2.21. The van der Waals surface area contributed by atoms with E-state index < -0.39 is 0 Å². The molecule has 1 fully saturated rings. The fourth-order valence-corrected chi connectivity index (χ4v) is 2.97. The van der Waals surface area contributed by atoms with Crippen molar-refractivity contribution in [2.24, 2.45) is 5.73 Å². The highest BCUT2D eigenvalue weighted by Gasteiger charge is 2.25. The van der Waals surface area contributed by atoms with Gasteiger partial charge in [-0.3, -0.25) is 4.90 Å². The van der Waals surface area contributed by atoms with Crippen LogP contribution in [0.25, 0.3) is 0 Å². The summed E-state index contributed by atoms with van der Waals surface area (Å²) >= 11 is 4.94. The number of halogens is 1. The van der Waals surface area contributed by atoms with E-state index in [-0.39, 0.29) is 10.8 Å². The summed E-state index contributed by atoms with van der Waals surface area (Å²) in [5.41, 5.74) is 7.15. The molecule has 0 amide bonds. The van der Waals surface area contributed by atoms with Crippen molar-refractivity contribution >= 4 is 17.2 Å². The number of likely N-dealkylation sites (tertiary alicyclic amines) is 1. The van der Waals surface area contributed by atoms with E-state index in [0.29, 0.717) is 11.6 Å². The third kappa shape index (κ3) is 3.98. The lowest BCUT2D eigenvalue weighted by Crippen LogP contribution is -2.37. The van der Waals surface area contributed by atoms with Gasteiger partial charge in [0.2, 0.25) is 0 Å². The Bertz CT molecular complexity index is 490. The van der Waals surface area contributed by atoms with Gasteiger partial charge >= 0.3 is 0 Å². The lowest BCUT2D eigenvalue weighted by molar-refractivity contribution is 0.201. The number of hydrogen-bond acceptors (Lipinski definition) is 3. The van der Waals surface area contributed by atoms with Gasteiger partial charge in [-0.1, -0.05) is 12.2 Å². The van der Waals surface area contributed by atoms with Gasteiger partial charge in [-0.15, -0.1) is 0 Å². The molecule has 0 radical (unpaired) electrons. The summed E-state index contributed by atoms with van der Waals surface area (Å²) in [6.07, 6.45) is 2.41. The molecule has 0 aromatic heterocycles. The molecule has 0 spiro atoms. The average molecular weight is 295 g/mol. The fraction of sp³-hybridized carbons (Fsp3) is 0.533. The Kier molecular flexibility index (Phi) is 5.07. The van der Waals surface area contributed by atoms with Gasteiger partial charge in [-0.25, -0.2) is 4.39 Å². The monoisotopic (exact) mass is 295 g/mol. The maximum absolute atomic E-state index is 13.6. The number of nitrogens with two attached hydrogens (primary N) is 1. The highest BCUT2D eigenvalue weighted by atomic mass is 32.1. The molecule has 0 bridgehead atoms. The SMILES string of the molecule is CN(C)CC1CCCN1Cc1cc(F)cc(C(N)=S)c1. The summed E-state index contributed by atoms with van der Waals surface area (Å²) in [6, 6.07) is 5.41. The Morgan fingerprint density at radius 3 is 2.85 bits per heavy atom. The standard InChI is InChI=1S/C15H22FN3S/c1-18(2)10-14-4-3-5-19(14)9-11-6-12(15(17)20)8-13(16)7-11/h6-8,14H,3-5,9-10H2,1-2H3,(H2,17,20). The van der Waals surface area contributed by atoms with Gasteiger partial charge in [-0.2, -0.15) is 0 Å². The Labute approximate surface area is 125 Å². The first kappa shape index (κ1) is 15.4. The molecule has 20 heavy (non-hydrogen) atoms. The van der Waals surface area contributed by atoms with Gasteiger partial charge in [0.05, 0.1) is 0 Å². The first-order valence-corrected chi connectivity index (χ1v) is 7.34. The van der Waals surface area contributed by atoms with E-state index in [4.69, 9.17) is 18.0 Å². The Morgan fingerprint density at radius 2 is 2.20 bits per heavy atom. The van der Waals surface area contributed by atoms with Crippen LogP contribution in [-0.2, 0) is 6.54 Å². The summed E-state index contributed by atoms with van der Waals surface area (Å²) in [5, 5.41) is 0. The van der Waals surface area contributed by atoms with Crippen molar-refractivity contribution in [3.8, 4) is 0 Å². The summed E-state index contributed by atoms with van der Waals surface area (Å²) in [7, 11) is 4.17. The zero-order chi connectivity index (χ0) is 14.7. The molecular formula is C15H22FN3S. The van der Waals surface area contributed by atoms with Crippen molar-refractivity contribution in [1.29, 1.82) is 0 Å². The summed E-state index contributed by atoms with van der Waals surface area (Å²) in [6.45, 7) is 2.86. The van der Waals surface area contributed by atoms with Crippen molar-refractivity contribution in [3.05, 3.63) is 35.1 Å². The second kappa shape index (κ2) is 6.61. The predicted octanol–water partition coefficient (Wildman–Crippen LogP) is 1.99. The highest BCUT2D eigenvalue weighted by molar-refractivity contribution is 7.80. The topological polar surface area (TPSA) is 32.5 Å². The van der Waals surface area contributed by atoms with E-state index in [2.05, 4.69) is 23.9 Å². The lowest BCUT2D eigenvalue weighted by atomic mass is 10.1. The second-order valence-corrected chi connectivity index (χ2v) is 6.18. The quantitative estimate of drug-likeness (QED) is 0.842. The molecule has 1 aromatic carbocycles. The number of benzene rings is 1. The summed E-state index contributed by atoms with van der Waals surface area (Å²) in [4.78, 5) is 4.87. The molecule has 5 heteroatoms. The van der Waals surface area contributed by atoms with E-state index in [0.717, 1.165) is 25.2 Å². The van der Waals surface area contributed by atoms with Crippen LogP contribution in [0.15, 0.2) is 18.2 Å². The number of likely N-dealkylation sites (N-methyl/N-ethyl adjacent to an activating group) is 1. The van der Waals surface area contributed by atoms with E-state index in [1.165, 1.54) is 18.9 Å². The minimum atomic E-state index is -0.270. The van der Waals surface area contributed by atoms with Crippen molar-refractivity contribution < 1.29 is 4.39 Å². The number of hydrogen-bond donors (Lipinski definition) is 1. The number of nitrogens with zero attached hydrogens (tertiary/aromatic N) is 2. The molecule has 1 aliphatic heterocycles. The summed E-state index contributed by atoms with van der Waals surface area (Å²) in [5.74, 6) is -0.270. The lowest BCUT2D eigenvalue weighted by Gasteiger charge is -2.27. The predicted molar refractivity (Wildman–Crippen MR) is 84.3 cm³/mol. The minimum Gasteiger partial charge on any atom is -0.389 e. The van der Waals surface area contributed by atoms with E-state index >= 15 is 0 Å². The maximum Gasteiger partial charge on any atom is 0.124 e. The molecule has 1 unspecified atom stereocenters. The van der Waals surface area contributed by atoms with Crippen LogP contribution in [-0.4, -0.2) is 48.0 Å². The summed E-state index contributed by atoms with van der Waals surface area (Å²) < 4.78 is 13.6. The molecule has 0 aliphatic carbocycles. The first-order valence-electron chi connectivity index (χ1n) is 6.94. The number of thiocarbonyl (C=S) groups is 1. The second-order valence-electron chi connectivity index (χ2n) is 5.74. The fourth-order valence-electron chi connectivity index (χ4n) is 2.85. The van der Waals surface area contributed by atoms with Crippen molar-refractivity contribution in [3.63, 3.8) is 0 Å². The van der Waals surface area contributed by atoms with Gasteiger partial charge in [0.15, 0.2) is 0 Å². The van der Waals surface area contributed by atoms with Crippen LogP contribution in [0.2, 0.25) is 0 Å². The van der Waals surface area contributed by atoms with Crippen LogP contribution in [0.4, 0.5) is 4.39 Å². The molecule has 2 N–H and O–H groups in total. The van der Waals surface area contributed by atoms with Crippen LogP contribution < -0.4 is 5.73 Å². The largest absolute Gasteiger partial charge is 0.389 e. The third-order valence-corrected chi connectivity index (χ3v) is 3.94. The molecule has 1 atom stereocenters. The molecule has 0 saturated carbocycles. The molecule has 1 saturated heterocycles. The normalized spacial score (nSPS) is 19.7. The van der Waals surface area contributed by atoms with Crippen LogP contribution in [0, 0.1) is 5.82 Å². The minimum absolute atomic E-state index is 0.247. The van der Waals surface area contributed by atoms with Crippen molar-refractivity contribution in [1.82, 2.24) is 9.80 Å². The Hall–Kier alpha value is -1.04. The zero-order valence-electron chi connectivity index (χ0n) is 12.1. The molecule has 3 nitrogen and oxygen atoms in total. The van der Waals surface area contributed by atoms with Crippen LogP contribution in [0.5, 0.6) is 0 Å². The Morgan fingerprint density at radius 1 is 1.45 bits per heavy atom. The van der Waals surface area contributed by atoms with Crippen LogP contribution >= 0.6 is 12.2 Å². The molecule has 1 aliphatic rings. The van der Waals surface area contributed by atoms with Gasteiger partial charge in [-0.05, 0) is 57.2 Å².